The molecule has 1 atom stereocenters. The number of para-hydroxylation sites is 1. The monoisotopic (exact) mass is 614 g/mol. The third-order valence-corrected chi connectivity index (χ3v) is 9.62. The summed E-state index contributed by atoms with van der Waals surface area (Å²) in [6.45, 7) is 30.3. The van der Waals surface area contributed by atoms with Gasteiger partial charge in [0.05, 0.1) is 5.41 Å². The molecule has 1 heteroatoms. The number of allylic oxidation sites excluding steroid dienone is 16. The largest absolute Gasteiger partial charge is 0.461 e. The van der Waals surface area contributed by atoms with Crippen LogP contribution in [0.1, 0.15) is 70.2 Å². The van der Waals surface area contributed by atoms with E-state index in [-0.39, 0.29) is 0 Å². The third kappa shape index (κ3) is 5.83. The summed E-state index contributed by atoms with van der Waals surface area (Å²) in [5, 5.41) is 0. The van der Waals surface area contributed by atoms with Crippen molar-refractivity contribution >= 4 is 11.1 Å². The predicted octanol–water partition coefficient (Wildman–Crippen LogP) is 12.8. The molecule has 0 N–H and O–H groups in total. The molecule has 0 bridgehead atoms. The van der Waals surface area contributed by atoms with Gasteiger partial charge < -0.3 is 4.74 Å². The Labute approximate surface area is 282 Å². The molecule has 0 saturated carbocycles. The van der Waals surface area contributed by atoms with Crippen LogP contribution >= 0.6 is 0 Å². The zero-order valence-corrected chi connectivity index (χ0v) is 28.8. The van der Waals surface area contributed by atoms with Crippen LogP contribution in [0, 0.1) is 0 Å². The van der Waals surface area contributed by atoms with Crippen molar-refractivity contribution in [1.82, 2.24) is 0 Å². The lowest BCUT2D eigenvalue weighted by Crippen LogP contribution is -2.34. The van der Waals surface area contributed by atoms with Gasteiger partial charge in [-0.15, -0.1) is 0 Å². The Balaban J connectivity index is 1.75. The molecule has 1 heterocycles. The van der Waals surface area contributed by atoms with Crippen LogP contribution in [0.15, 0.2) is 175 Å². The van der Waals surface area contributed by atoms with E-state index in [1.54, 1.807) is 0 Å². The molecule has 0 saturated heterocycles. The number of ether oxygens (including phenoxy) is 1. The summed E-state index contributed by atoms with van der Waals surface area (Å²) in [5.74, 6) is 1.71. The number of benzene rings is 3. The average molecular weight is 615 g/mol. The minimum Gasteiger partial charge on any atom is -0.461 e. The number of hydrogen-bond acceptors (Lipinski definition) is 1. The molecule has 1 spiro atoms. The summed E-state index contributed by atoms with van der Waals surface area (Å²) in [4.78, 5) is 0. The number of fused-ring (bicyclic) bond motifs is 4. The minimum absolute atomic E-state index is 0.661. The first-order valence-electron chi connectivity index (χ1n) is 16.4. The first-order chi connectivity index (χ1) is 22.6. The minimum atomic E-state index is -0.661. The maximum Gasteiger partial charge on any atom is 0.131 e. The van der Waals surface area contributed by atoms with E-state index >= 15 is 0 Å². The van der Waals surface area contributed by atoms with Gasteiger partial charge >= 0.3 is 0 Å². The van der Waals surface area contributed by atoms with Crippen LogP contribution < -0.4 is 4.74 Å². The molecule has 47 heavy (non-hydrogen) atoms. The van der Waals surface area contributed by atoms with Crippen molar-refractivity contribution in [2.24, 2.45) is 0 Å². The second-order valence-corrected chi connectivity index (χ2v) is 12.2. The molecule has 3 aromatic carbocycles. The van der Waals surface area contributed by atoms with Crippen LogP contribution in [-0.2, 0) is 5.41 Å². The summed E-state index contributed by atoms with van der Waals surface area (Å²) in [7, 11) is 0. The highest BCUT2D eigenvalue weighted by Gasteiger charge is 2.52. The molecular weight excluding hydrogens is 569 g/mol. The smallest absolute Gasteiger partial charge is 0.131 e. The summed E-state index contributed by atoms with van der Waals surface area (Å²) in [6, 6.07) is 24.1. The van der Waals surface area contributed by atoms with E-state index < -0.39 is 5.41 Å². The quantitative estimate of drug-likeness (QED) is 0.218. The van der Waals surface area contributed by atoms with E-state index in [9.17, 15) is 0 Å². The lowest BCUT2D eigenvalue weighted by molar-refractivity contribution is 0.387. The van der Waals surface area contributed by atoms with Crippen LogP contribution in [0.4, 0.5) is 0 Å². The van der Waals surface area contributed by atoms with Gasteiger partial charge in [-0.3, -0.25) is 0 Å². The molecular formula is C46H46O. The fourth-order valence-electron chi connectivity index (χ4n) is 6.84. The van der Waals surface area contributed by atoms with Gasteiger partial charge in [0.1, 0.15) is 11.5 Å². The molecule has 2 aliphatic rings. The molecule has 0 amide bonds. The molecule has 3 aromatic rings. The first-order valence-corrected chi connectivity index (χ1v) is 16.4. The van der Waals surface area contributed by atoms with Crippen molar-refractivity contribution in [3.8, 4) is 16.9 Å². The fourth-order valence-corrected chi connectivity index (χ4v) is 6.84. The predicted molar refractivity (Wildman–Crippen MR) is 204 cm³/mol. The molecule has 5 rings (SSSR count). The summed E-state index contributed by atoms with van der Waals surface area (Å²) < 4.78 is 6.50. The Bertz CT molecular complexity index is 1980. The van der Waals surface area contributed by atoms with Crippen molar-refractivity contribution < 1.29 is 4.74 Å². The zero-order chi connectivity index (χ0) is 33.9. The highest BCUT2D eigenvalue weighted by Crippen LogP contribution is 2.62. The van der Waals surface area contributed by atoms with Crippen molar-refractivity contribution in [3.63, 3.8) is 0 Å². The third-order valence-electron chi connectivity index (χ3n) is 9.62. The molecule has 0 aromatic heterocycles. The van der Waals surface area contributed by atoms with Crippen LogP contribution in [0.2, 0.25) is 0 Å². The zero-order valence-electron chi connectivity index (χ0n) is 28.8. The highest BCUT2D eigenvalue weighted by atomic mass is 16.5. The summed E-state index contributed by atoms with van der Waals surface area (Å²) in [5.41, 5.74) is 14.5. The van der Waals surface area contributed by atoms with Gasteiger partial charge in [0.2, 0.25) is 0 Å². The Morgan fingerprint density at radius 3 is 2.15 bits per heavy atom. The molecule has 1 unspecified atom stereocenters. The maximum absolute atomic E-state index is 6.50. The van der Waals surface area contributed by atoms with E-state index in [2.05, 4.69) is 145 Å². The van der Waals surface area contributed by atoms with Crippen LogP contribution in [0.5, 0.6) is 5.75 Å². The van der Waals surface area contributed by atoms with E-state index in [1.165, 1.54) is 22.3 Å². The van der Waals surface area contributed by atoms with E-state index in [0.717, 1.165) is 73.6 Å². The fraction of sp³-hybridized carbons (Fsp3) is 0.174. The second kappa shape index (κ2) is 13.7. The molecule has 1 aliphatic heterocycles. The van der Waals surface area contributed by atoms with E-state index in [4.69, 9.17) is 11.3 Å². The average Bonchev–Trinajstić information content (AvgIpc) is 3.32. The Morgan fingerprint density at radius 1 is 0.809 bits per heavy atom. The van der Waals surface area contributed by atoms with Gasteiger partial charge in [-0.1, -0.05) is 124 Å². The second-order valence-electron chi connectivity index (χ2n) is 12.2. The lowest BCUT2D eigenvalue weighted by Gasteiger charge is -2.40. The summed E-state index contributed by atoms with van der Waals surface area (Å²) >= 11 is 0. The van der Waals surface area contributed by atoms with Gasteiger partial charge in [-0.2, -0.15) is 0 Å². The van der Waals surface area contributed by atoms with Gasteiger partial charge in [0, 0.05) is 11.1 Å². The first kappa shape index (κ1) is 33.2. The van der Waals surface area contributed by atoms with Crippen molar-refractivity contribution in [2.45, 2.75) is 53.4 Å². The van der Waals surface area contributed by atoms with Crippen LogP contribution in [-0.4, -0.2) is 0 Å². The van der Waals surface area contributed by atoms with Crippen LogP contribution in [0.25, 0.3) is 22.3 Å². The normalized spacial score (nSPS) is 18.7. The van der Waals surface area contributed by atoms with Gasteiger partial charge in [-0.25, -0.2) is 0 Å². The standard InChI is InChI=1S/C46H46O/c1-11-17-41-35(10)47-45-19-16-15-18-42(45)46(41)43(28-33(8)32(7)21-20-31(6)30(5)12-2)34(9)40-27-26-39(29-44(40)46)38-24-22-37(23-25-38)36(13-3)14-4/h11-13,15-29H,6-9,14H2,1-5,10H3/b17-11-,21-20-,30-12+,36-13+,43-28+. The summed E-state index contributed by atoms with van der Waals surface area (Å²) in [6.07, 6.45) is 15.7. The van der Waals surface area contributed by atoms with Gasteiger partial charge in [-0.05, 0) is 126 Å². The SMILES string of the molecule is C=C(/C=C\C(=C)/C(C)=C/C)C(=C)/C=C1\C(=C)c2ccc(-c3ccc(/C(=C/C)CC)cc3)cc2C12C(/C=C\C)=C(C)Oc1ccccc12. The van der Waals surface area contributed by atoms with Crippen LogP contribution in [0.3, 0.4) is 0 Å². The molecule has 1 aliphatic carbocycles. The number of hydrogen-bond donors (Lipinski definition) is 0. The van der Waals surface area contributed by atoms with Gasteiger partial charge in [0.15, 0.2) is 0 Å². The van der Waals surface area contributed by atoms with E-state index in [0.29, 0.717) is 0 Å². The molecule has 0 fully saturated rings. The molecule has 0 radical (unpaired) electrons. The maximum atomic E-state index is 6.50. The Kier molecular flexibility index (Phi) is 9.68. The molecule has 1 nitrogen and oxygen atoms in total. The van der Waals surface area contributed by atoms with Crippen molar-refractivity contribution in [1.29, 1.82) is 0 Å². The molecule has 236 valence electrons. The Hall–Kier alpha value is -5.14. The highest BCUT2D eigenvalue weighted by molar-refractivity contribution is 5.96. The topological polar surface area (TPSA) is 9.23 Å². The van der Waals surface area contributed by atoms with Gasteiger partial charge in [0.25, 0.3) is 0 Å². The Morgan fingerprint density at radius 2 is 1.49 bits per heavy atom. The van der Waals surface area contributed by atoms with Crippen molar-refractivity contribution in [2.75, 3.05) is 0 Å². The van der Waals surface area contributed by atoms with Crippen molar-refractivity contribution in [3.05, 3.63) is 197 Å². The van der Waals surface area contributed by atoms with E-state index in [1.807, 2.05) is 25.1 Å². The number of rotatable bonds is 9. The lowest BCUT2D eigenvalue weighted by atomic mass is 9.64.